The smallest absolute Gasteiger partial charge is 0.00281 e. The van der Waals surface area contributed by atoms with Crippen LogP contribution in [0.1, 0.15) is 44.9 Å². The summed E-state index contributed by atoms with van der Waals surface area (Å²) in [5.74, 6) is 1.12. The number of rotatable bonds is 2. The SMILES string of the molecule is [SiH3]CCC1CCCCCC1. The van der Waals surface area contributed by atoms with Gasteiger partial charge >= 0.3 is 0 Å². The quantitative estimate of drug-likeness (QED) is 0.424. The van der Waals surface area contributed by atoms with Gasteiger partial charge in [-0.2, -0.15) is 0 Å². The standard InChI is InChI=1S/C9H20Si/c10-8-7-9-5-3-1-2-4-6-9/h9H,1-8H2,10H3. The van der Waals surface area contributed by atoms with Crippen LogP contribution in [-0.2, 0) is 0 Å². The fourth-order valence-electron chi connectivity index (χ4n) is 2.06. The zero-order valence-corrected chi connectivity index (χ0v) is 9.23. The molecule has 0 nitrogen and oxygen atoms in total. The Hall–Kier alpha value is 0.217. The van der Waals surface area contributed by atoms with E-state index < -0.39 is 0 Å². The molecule has 1 aliphatic rings. The number of hydrogen-bond acceptors (Lipinski definition) is 0. The maximum absolute atomic E-state index is 1.55. The first kappa shape index (κ1) is 8.31. The van der Waals surface area contributed by atoms with Crippen molar-refractivity contribution >= 4 is 10.2 Å². The van der Waals surface area contributed by atoms with Gasteiger partial charge in [-0.05, 0) is 5.92 Å². The summed E-state index contributed by atoms with van der Waals surface area (Å²) < 4.78 is 0. The Morgan fingerprint density at radius 2 is 1.60 bits per heavy atom. The van der Waals surface area contributed by atoms with Gasteiger partial charge in [0, 0.05) is 10.2 Å². The highest BCUT2D eigenvalue weighted by Crippen LogP contribution is 2.25. The fraction of sp³-hybridized carbons (Fsp3) is 1.00. The van der Waals surface area contributed by atoms with E-state index in [1.807, 2.05) is 0 Å². The van der Waals surface area contributed by atoms with E-state index in [2.05, 4.69) is 0 Å². The minimum Gasteiger partial charge on any atom is -0.0656 e. The van der Waals surface area contributed by atoms with Crippen molar-refractivity contribution in [2.45, 2.75) is 51.0 Å². The third-order valence-electron chi connectivity index (χ3n) is 2.67. The maximum atomic E-state index is 1.55. The van der Waals surface area contributed by atoms with Crippen LogP contribution in [0.5, 0.6) is 0 Å². The van der Waals surface area contributed by atoms with Crippen molar-refractivity contribution in [1.82, 2.24) is 0 Å². The zero-order chi connectivity index (χ0) is 7.23. The van der Waals surface area contributed by atoms with Crippen molar-refractivity contribution in [3.05, 3.63) is 0 Å². The molecule has 0 unspecified atom stereocenters. The summed E-state index contributed by atoms with van der Waals surface area (Å²) in [7, 11) is 1.42. The highest BCUT2D eigenvalue weighted by Gasteiger charge is 2.09. The second kappa shape index (κ2) is 4.95. The molecule has 0 N–H and O–H groups in total. The van der Waals surface area contributed by atoms with Crippen LogP contribution >= 0.6 is 0 Å². The highest BCUT2D eigenvalue weighted by molar-refractivity contribution is 6.08. The molecule has 10 heavy (non-hydrogen) atoms. The monoisotopic (exact) mass is 156 g/mol. The molecule has 0 atom stereocenters. The summed E-state index contributed by atoms with van der Waals surface area (Å²) in [6.45, 7) is 0. The van der Waals surface area contributed by atoms with Crippen molar-refractivity contribution in [3.63, 3.8) is 0 Å². The summed E-state index contributed by atoms with van der Waals surface area (Å²) >= 11 is 0. The molecule has 1 fully saturated rings. The Balaban J connectivity index is 2.15. The molecule has 1 saturated carbocycles. The van der Waals surface area contributed by atoms with Crippen LogP contribution in [0.3, 0.4) is 0 Å². The maximum Gasteiger partial charge on any atom is 0.00281 e. The Morgan fingerprint density at radius 3 is 2.10 bits per heavy atom. The van der Waals surface area contributed by atoms with E-state index in [9.17, 15) is 0 Å². The molecule has 0 radical (unpaired) electrons. The molecular weight excluding hydrogens is 136 g/mol. The molecular formula is C9H20Si. The zero-order valence-electron chi connectivity index (χ0n) is 7.23. The second-order valence-electron chi connectivity index (χ2n) is 3.65. The van der Waals surface area contributed by atoms with Crippen LogP contribution in [0.25, 0.3) is 0 Å². The van der Waals surface area contributed by atoms with Crippen molar-refractivity contribution in [1.29, 1.82) is 0 Å². The fourth-order valence-corrected chi connectivity index (χ4v) is 2.88. The molecule has 0 saturated heterocycles. The summed E-state index contributed by atoms with van der Waals surface area (Å²) in [6.07, 6.45) is 10.7. The van der Waals surface area contributed by atoms with Gasteiger partial charge < -0.3 is 0 Å². The van der Waals surface area contributed by atoms with Crippen LogP contribution in [-0.4, -0.2) is 10.2 Å². The molecule has 1 rings (SSSR count). The Bertz CT molecular complexity index is 72.8. The molecule has 0 aliphatic heterocycles. The van der Waals surface area contributed by atoms with E-state index in [0.717, 1.165) is 5.92 Å². The molecule has 0 amide bonds. The van der Waals surface area contributed by atoms with E-state index in [1.54, 1.807) is 19.3 Å². The van der Waals surface area contributed by atoms with Gasteiger partial charge in [0.1, 0.15) is 0 Å². The normalized spacial score (nSPS) is 22.8. The first-order valence-corrected chi connectivity index (χ1v) is 6.35. The predicted octanol–water partition coefficient (Wildman–Crippen LogP) is 2.13. The van der Waals surface area contributed by atoms with Crippen LogP contribution in [0.2, 0.25) is 6.04 Å². The topological polar surface area (TPSA) is 0 Å². The lowest BCUT2D eigenvalue weighted by molar-refractivity contribution is 0.446. The lowest BCUT2D eigenvalue weighted by atomic mass is 9.98. The largest absolute Gasteiger partial charge is 0.0656 e. The molecule has 0 bridgehead atoms. The van der Waals surface area contributed by atoms with E-state index in [1.165, 1.54) is 42.0 Å². The van der Waals surface area contributed by atoms with Gasteiger partial charge in [-0.3, -0.25) is 0 Å². The average Bonchev–Trinajstić information content (AvgIpc) is 2.17. The van der Waals surface area contributed by atoms with Crippen molar-refractivity contribution < 1.29 is 0 Å². The molecule has 0 heterocycles. The predicted molar refractivity (Wildman–Crippen MR) is 50.6 cm³/mol. The Labute approximate surface area is 67.8 Å². The third kappa shape index (κ3) is 2.87. The van der Waals surface area contributed by atoms with E-state index in [-0.39, 0.29) is 0 Å². The number of hydrogen-bond donors (Lipinski definition) is 0. The molecule has 0 spiro atoms. The summed E-state index contributed by atoms with van der Waals surface area (Å²) in [5, 5.41) is 0. The Morgan fingerprint density at radius 1 is 1.00 bits per heavy atom. The molecule has 60 valence electrons. The van der Waals surface area contributed by atoms with Crippen LogP contribution in [0, 0.1) is 5.92 Å². The molecule has 0 aromatic rings. The lowest BCUT2D eigenvalue weighted by Crippen LogP contribution is -1.97. The van der Waals surface area contributed by atoms with Crippen molar-refractivity contribution in [2.24, 2.45) is 5.92 Å². The minimum atomic E-state index is 1.12. The third-order valence-corrected chi connectivity index (χ3v) is 3.25. The van der Waals surface area contributed by atoms with Crippen LogP contribution in [0.4, 0.5) is 0 Å². The molecule has 0 aromatic carbocycles. The minimum absolute atomic E-state index is 1.12. The summed E-state index contributed by atoms with van der Waals surface area (Å²) in [5.41, 5.74) is 0. The van der Waals surface area contributed by atoms with Gasteiger partial charge in [0.2, 0.25) is 0 Å². The van der Waals surface area contributed by atoms with Gasteiger partial charge in [0.25, 0.3) is 0 Å². The Kier molecular flexibility index (Phi) is 4.11. The van der Waals surface area contributed by atoms with Crippen LogP contribution in [0.15, 0.2) is 0 Å². The van der Waals surface area contributed by atoms with Gasteiger partial charge in [-0.25, -0.2) is 0 Å². The van der Waals surface area contributed by atoms with Crippen molar-refractivity contribution in [3.8, 4) is 0 Å². The summed E-state index contributed by atoms with van der Waals surface area (Å²) in [4.78, 5) is 0. The van der Waals surface area contributed by atoms with Gasteiger partial charge in [0.15, 0.2) is 0 Å². The second-order valence-corrected chi connectivity index (χ2v) is 4.65. The summed E-state index contributed by atoms with van der Waals surface area (Å²) in [6, 6.07) is 1.53. The van der Waals surface area contributed by atoms with E-state index in [0.29, 0.717) is 0 Å². The van der Waals surface area contributed by atoms with Gasteiger partial charge in [-0.1, -0.05) is 51.0 Å². The molecule has 1 heteroatoms. The highest BCUT2D eigenvalue weighted by atomic mass is 28.1. The van der Waals surface area contributed by atoms with E-state index >= 15 is 0 Å². The van der Waals surface area contributed by atoms with E-state index in [4.69, 9.17) is 0 Å². The molecule has 1 aliphatic carbocycles. The van der Waals surface area contributed by atoms with Crippen LogP contribution < -0.4 is 0 Å². The average molecular weight is 156 g/mol. The first-order valence-electron chi connectivity index (χ1n) is 4.93. The van der Waals surface area contributed by atoms with Gasteiger partial charge in [-0.15, -0.1) is 0 Å². The molecule has 0 aromatic heterocycles. The lowest BCUT2D eigenvalue weighted by Gasteiger charge is -2.10. The first-order chi connectivity index (χ1) is 4.93. The van der Waals surface area contributed by atoms with Crippen molar-refractivity contribution in [2.75, 3.05) is 0 Å². The van der Waals surface area contributed by atoms with Gasteiger partial charge in [0.05, 0.1) is 0 Å².